The number of urea groups is 1. The predicted molar refractivity (Wildman–Crippen MR) is 133 cm³/mol. The zero-order chi connectivity index (χ0) is 24.9. The number of amides is 3. The van der Waals surface area contributed by atoms with Crippen LogP contribution in [0.3, 0.4) is 0 Å². The SMILES string of the molecule is CNCC(C[C@H]1CCCOC1)NC(=O)N(C)CCC(OCCNC(=O)O)c1cc(Cl)ccc1C. The first kappa shape index (κ1) is 28.2. The van der Waals surface area contributed by atoms with Crippen LogP contribution in [-0.2, 0) is 9.47 Å². The molecule has 0 spiro atoms. The number of likely N-dealkylation sites (N-methyl/N-ethyl adjacent to an activating group) is 1. The molecule has 0 aromatic heterocycles. The summed E-state index contributed by atoms with van der Waals surface area (Å²) < 4.78 is 11.6. The number of hydrogen-bond donors (Lipinski definition) is 4. The van der Waals surface area contributed by atoms with E-state index in [0.29, 0.717) is 30.5 Å². The maximum Gasteiger partial charge on any atom is 0.404 e. The summed E-state index contributed by atoms with van der Waals surface area (Å²) >= 11 is 6.21. The van der Waals surface area contributed by atoms with Crippen molar-refractivity contribution in [3.63, 3.8) is 0 Å². The van der Waals surface area contributed by atoms with Gasteiger partial charge in [0.05, 0.1) is 12.7 Å². The smallest absolute Gasteiger partial charge is 0.404 e. The number of hydrogen-bond acceptors (Lipinski definition) is 5. The molecule has 0 bridgehead atoms. The number of carbonyl (C=O) groups excluding carboxylic acids is 1. The van der Waals surface area contributed by atoms with Gasteiger partial charge in [-0.2, -0.15) is 0 Å². The molecule has 10 heteroatoms. The zero-order valence-electron chi connectivity index (χ0n) is 20.4. The normalized spacial score (nSPS) is 17.6. The average molecular weight is 499 g/mol. The first-order valence-corrected chi connectivity index (χ1v) is 12.3. The Bertz CT molecular complexity index is 776. The van der Waals surface area contributed by atoms with Crippen molar-refractivity contribution in [2.24, 2.45) is 5.92 Å². The molecule has 9 nitrogen and oxygen atoms in total. The molecule has 1 aromatic carbocycles. The van der Waals surface area contributed by atoms with Crippen LogP contribution in [0.2, 0.25) is 5.02 Å². The fourth-order valence-electron chi connectivity index (χ4n) is 4.18. The average Bonchev–Trinajstić information content (AvgIpc) is 2.80. The Kier molecular flexibility index (Phi) is 12.5. The number of ether oxygens (including phenoxy) is 2. The third-order valence-corrected chi connectivity index (χ3v) is 6.24. The predicted octanol–water partition coefficient (Wildman–Crippen LogP) is 3.41. The molecule has 2 rings (SSSR count). The molecule has 1 aliphatic rings. The highest BCUT2D eigenvalue weighted by Crippen LogP contribution is 2.27. The summed E-state index contributed by atoms with van der Waals surface area (Å²) in [6.45, 7) is 5.11. The number of aryl methyl sites for hydroxylation is 1. The van der Waals surface area contributed by atoms with E-state index in [1.165, 1.54) is 0 Å². The van der Waals surface area contributed by atoms with Crippen molar-refractivity contribution in [2.75, 3.05) is 53.6 Å². The largest absolute Gasteiger partial charge is 0.465 e. The Morgan fingerprint density at radius 2 is 2.18 bits per heavy atom. The molecule has 1 fully saturated rings. The zero-order valence-corrected chi connectivity index (χ0v) is 21.2. The summed E-state index contributed by atoms with van der Waals surface area (Å²) in [5, 5.41) is 18.0. The molecule has 1 heterocycles. The second-order valence-electron chi connectivity index (χ2n) is 8.83. The van der Waals surface area contributed by atoms with E-state index < -0.39 is 6.09 Å². The van der Waals surface area contributed by atoms with E-state index in [0.717, 1.165) is 43.6 Å². The maximum absolute atomic E-state index is 12.9. The lowest BCUT2D eigenvalue weighted by molar-refractivity contribution is 0.0431. The van der Waals surface area contributed by atoms with Crippen LogP contribution in [0.5, 0.6) is 0 Å². The van der Waals surface area contributed by atoms with E-state index in [9.17, 15) is 9.59 Å². The van der Waals surface area contributed by atoms with Gasteiger partial charge in [0.25, 0.3) is 0 Å². The van der Waals surface area contributed by atoms with Gasteiger partial charge in [0.2, 0.25) is 0 Å². The molecular formula is C24H39ClN4O5. The molecule has 4 N–H and O–H groups in total. The number of rotatable bonds is 13. The van der Waals surface area contributed by atoms with Crippen molar-refractivity contribution < 1.29 is 24.2 Å². The van der Waals surface area contributed by atoms with Gasteiger partial charge < -0.3 is 35.4 Å². The first-order chi connectivity index (χ1) is 16.3. The Hall–Kier alpha value is -2.07. The van der Waals surface area contributed by atoms with Gasteiger partial charge in [0, 0.05) is 51.0 Å². The Labute approximate surface area is 207 Å². The van der Waals surface area contributed by atoms with Crippen molar-refractivity contribution >= 4 is 23.7 Å². The summed E-state index contributed by atoms with van der Waals surface area (Å²) in [5.41, 5.74) is 1.96. The standard InChI is InChI=1S/C24H39ClN4O5/c1-17-6-7-19(25)14-21(17)22(34-12-9-27-24(31)32)8-10-29(3)23(30)28-20(15-26-2)13-18-5-4-11-33-16-18/h6-7,14,18,20,22,26-27H,4-5,8-13,15-16H2,1-3H3,(H,28,30)(H,31,32)/t18-,20?,22?/m1/s1. The van der Waals surface area contributed by atoms with Crippen LogP contribution in [0.15, 0.2) is 18.2 Å². The minimum Gasteiger partial charge on any atom is -0.465 e. The summed E-state index contributed by atoms with van der Waals surface area (Å²) in [6, 6.07) is 5.50. The number of halogens is 1. The van der Waals surface area contributed by atoms with E-state index in [4.69, 9.17) is 26.2 Å². The minimum absolute atomic E-state index is 0.0240. The Morgan fingerprint density at radius 3 is 2.85 bits per heavy atom. The molecule has 0 aliphatic carbocycles. The van der Waals surface area contributed by atoms with Crippen LogP contribution in [0.1, 0.15) is 42.9 Å². The highest BCUT2D eigenvalue weighted by molar-refractivity contribution is 6.30. The summed E-state index contributed by atoms with van der Waals surface area (Å²) in [5.74, 6) is 0.459. The lowest BCUT2D eigenvalue weighted by atomic mass is 9.94. The van der Waals surface area contributed by atoms with Crippen LogP contribution in [0.25, 0.3) is 0 Å². The molecule has 1 saturated heterocycles. The van der Waals surface area contributed by atoms with Gasteiger partial charge in [-0.15, -0.1) is 0 Å². The molecule has 0 radical (unpaired) electrons. The third-order valence-electron chi connectivity index (χ3n) is 6.01. The lowest BCUT2D eigenvalue weighted by Crippen LogP contribution is -2.48. The third kappa shape index (κ3) is 10.0. The van der Waals surface area contributed by atoms with Crippen molar-refractivity contribution in [1.82, 2.24) is 20.9 Å². The molecule has 2 unspecified atom stereocenters. The molecule has 3 amide bonds. The van der Waals surface area contributed by atoms with Crippen LogP contribution in [-0.4, -0.2) is 81.7 Å². The number of nitrogens with zero attached hydrogens (tertiary/aromatic N) is 1. The molecule has 34 heavy (non-hydrogen) atoms. The second-order valence-corrected chi connectivity index (χ2v) is 9.26. The molecular weight excluding hydrogens is 460 g/mol. The molecule has 0 saturated carbocycles. The van der Waals surface area contributed by atoms with E-state index in [1.807, 2.05) is 32.2 Å². The summed E-state index contributed by atoms with van der Waals surface area (Å²) in [4.78, 5) is 25.3. The number of benzene rings is 1. The highest BCUT2D eigenvalue weighted by Gasteiger charge is 2.23. The monoisotopic (exact) mass is 498 g/mol. The van der Waals surface area contributed by atoms with Crippen molar-refractivity contribution in [3.8, 4) is 0 Å². The second kappa shape index (κ2) is 15.0. The van der Waals surface area contributed by atoms with Gasteiger partial charge >= 0.3 is 12.1 Å². The van der Waals surface area contributed by atoms with Gasteiger partial charge in [-0.05, 0) is 68.8 Å². The fraction of sp³-hybridized carbons (Fsp3) is 0.667. The lowest BCUT2D eigenvalue weighted by Gasteiger charge is -2.29. The van der Waals surface area contributed by atoms with Gasteiger partial charge in [-0.25, -0.2) is 9.59 Å². The topological polar surface area (TPSA) is 112 Å². The van der Waals surface area contributed by atoms with Gasteiger partial charge in [-0.3, -0.25) is 0 Å². The van der Waals surface area contributed by atoms with E-state index in [-0.39, 0.29) is 31.3 Å². The van der Waals surface area contributed by atoms with Crippen LogP contribution < -0.4 is 16.0 Å². The Balaban J connectivity index is 1.94. The van der Waals surface area contributed by atoms with E-state index in [1.54, 1.807) is 11.9 Å². The number of carbonyl (C=O) groups is 2. The van der Waals surface area contributed by atoms with Gasteiger partial charge in [0.15, 0.2) is 0 Å². The van der Waals surface area contributed by atoms with Crippen molar-refractivity contribution in [1.29, 1.82) is 0 Å². The quantitative estimate of drug-likeness (QED) is 0.310. The minimum atomic E-state index is -1.09. The number of carboxylic acid groups (broad SMARTS) is 1. The van der Waals surface area contributed by atoms with Crippen LogP contribution in [0.4, 0.5) is 9.59 Å². The van der Waals surface area contributed by atoms with E-state index >= 15 is 0 Å². The van der Waals surface area contributed by atoms with Gasteiger partial charge in [-0.1, -0.05) is 17.7 Å². The van der Waals surface area contributed by atoms with Crippen molar-refractivity contribution in [2.45, 2.75) is 44.8 Å². The van der Waals surface area contributed by atoms with Crippen molar-refractivity contribution in [3.05, 3.63) is 34.3 Å². The first-order valence-electron chi connectivity index (χ1n) is 11.9. The molecule has 192 valence electrons. The van der Waals surface area contributed by atoms with Gasteiger partial charge in [0.1, 0.15) is 0 Å². The fourth-order valence-corrected chi connectivity index (χ4v) is 4.36. The number of nitrogens with one attached hydrogen (secondary N) is 3. The summed E-state index contributed by atoms with van der Waals surface area (Å²) in [6.07, 6.45) is 2.21. The molecule has 3 atom stereocenters. The Morgan fingerprint density at radius 1 is 1.38 bits per heavy atom. The van der Waals surface area contributed by atoms with E-state index in [2.05, 4.69) is 16.0 Å². The molecule has 1 aromatic rings. The van der Waals surface area contributed by atoms with Crippen LogP contribution in [0, 0.1) is 12.8 Å². The summed E-state index contributed by atoms with van der Waals surface area (Å²) in [7, 11) is 3.65. The maximum atomic E-state index is 12.9. The van der Waals surface area contributed by atoms with Crippen LogP contribution >= 0.6 is 11.6 Å². The highest BCUT2D eigenvalue weighted by atomic mass is 35.5. The molecule has 1 aliphatic heterocycles.